The number of carbonyl (C=O) groups excluding carboxylic acids is 2. The standard InChI is InChI=1S/C19H26BNO4S/c1-13(22)26-12-16(20-24-18(2,3)19(4,5)25-20)10-14-6-8-15(9-7-14)17(23)11-21/h6-10H,11-12,21H2,1-5H3. The van der Waals surface area contributed by atoms with E-state index in [1.807, 2.05) is 45.9 Å². The minimum atomic E-state index is -0.516. The molecule has 0 spiro atoms. The van der Waals surface area contributed by atoms with E-state index in [4.69, 9.17) is 15.0 Å². The molecular weight excluding hydrogens is 349 g/mol. The van der Waals surface area contributed by atoms with Crippen molar-refractivity contribution in [2.75, 3.05) is 12.3 Å². The Labute approximate surface area is 159 Å². The Kier molecular flexibility index (Phi) is 6.50. The maximum absolute atomic E-state index is 11.7. The van der Waals surface area contributed by atoms with Crippen LogP contribution in [0, 0.1) is 0 Å². The fourth-order valence-electron chi connectivity index (χ4n) is 2.45. The summed E-state index contributed by atoms with van der Waals surface area (Å²) in [5.74, 6) is 0.383. The third-order valence-corrected chi connectivity index (χ3v) is 5.65. The molecule has 0 unspecified atom stereocenters. The molecule has 26 heavy (non-hydrogen) atoms. The van der Waals surface area contributed by atoms with Crippen molar-refractivity contribution in [1.82, 2.24) is 0 Å². The highest BCUT2D eigenvalue weighted by atomic mass is 32.2. The van der Waals surface area contributed by atoms with Gasteiger partial charge in [0.25, 0.3) is 0 Å². The summed E-state index contributed by atoms with van der Waals surface area (Å²) in [6, 6.07) is 7.21. The quantitative estimate of drug-likeness (QED) is 0.608. The maximum atomic E-state index is 11.7. The van der Waals surface area contributed by atoms with Crippen LogP contribution in [0.15, 0.2) is 29.7 Å². The highest BCUT2D eigenvalue weighted by Gasteiger charge is 2.52. The Bertz CT molecular complexity index is 697. The summed E-state index contributed by atoms with van der Waals surface area (Å²) < 4.78 is 12.2. The minimum absolute atomic E-state index is 0.0103. The lowest BCUT2D eigenvalue weighted by molar-refractivity contribution is -0.109. The van der Waals surface area contributed by atoms with E-state index in [1.54, 1.807) is 19.1 Å². The highest BCUT2D eigenvalue weighted by molar-refractivity contribution is 8.13. The van der Waals surface area contributed by atoms with Crippen molar-refractivity contribution in [2.24, 2.45) is 5.73 Å². The van der Waals surface area contributed by atoms with Crippen LogP contribution >= 0.6 is 11.8 Å². The summed E-state index contributed by atoms with van der Waals surface area (Å²) in [7, 11) is -0.516. The van der Waals surface area contributed by atoms with Gasteiger partial charge in [-0.3, -0.25) is 9.59 Å². The summed E-state index contributed by atoms with van der Waals surface area (Å²) in [5, 5.41) is 0.0382. The average molecular weight is 375 g/mol. The highest BCUT2D eigenvalue weighted by Crippen LogP contribution is 2.39. The first-order valence-electron chi connectivity index (χ1n) is 8.58. The van der Waals surface area contributed by atoms with E-state index in [2.05, 4.69) is 0 Å². The summed E-state index contributed by atoms with van der Waals surface area (Å²) in [6.45, 7) is 9.52. The van der Waals surface area contributed by atoms with E-state index in [0.29, 0.717) is 11.3 Å². The van der Waals surface area contributed by atoms with Crippen molar-refractivity contribution in [1.29, 1.82) is 0 Å². The molecule has 140 valence electrons. The van der Waals surface area contributed by atoms with Crippen molar-refractivity contribution in [3.05, 3.63) is 40.9 Å². The molecule has 0 saturated carbocycles. The molecule has 0 bridgehead atoms. The van der Waals surface area contributed by atoms with Gasteiger partial charge in [0.1, 0.15) is 0 Å². The third-order valence-electron chi connectivity index (χ3n) is 4.77. The van der Waals surface area contributed by atoms with E-state index in [0.717, 1.165) is 11.0 Å². The van der Waals surface area contributed by atoms with Gasteiger partial charge in [-0.2, -0.15) is 0 Å². The van der Waals surface area contributed by atoms with Crippen LogP contribution in [0.1, 0.15) is 50.5 Å². The number of ketones is 1. The number of hydrogen-bond acceptors (Lipinski definition) is 6. The van der Waals surface area contributed by atoms with Gasteiger partial charge in [0, 0.05) is 18.2 Å². The van der Waals surface area contributed by atoms with Crippen molar-refractivity contribution in [3.63, 3.8) is 0 Å². The van der Waals surface area contributed by atoms with Gasteiger partial charge in [0.2, 0.25) is 0 Å². The summed E-state index contributed by atoms with van der Waals surface area (Å²) >= 11 is 1.22. The molecule has 0 atom stereocenters. The van der Waals surface area contributed by atoms with E-state index < -0.39 is 18.3 Å². The van der Waals surface area contributed by atoms with Crippen LogP contribution in [-0.2, 0) is 14.1 Å². The van der Waals surface area contributed by atoms with Gasteiger partial charge in [-0.05, 0) is 38.7 Å². The summed E-state index contributed by atoms with van der Waals surface area (Å²) in [4.78, 5) is 23.1. The molecule has 1 aromatic carbocycles. The predicted octanol–water partition coefficient (Wildman–Crippen LogP) is 3.12. The fraction of sp³-hybridized carbons (Fsp3) is 0.474. The fourth-order valence-corrected chi connectivity index (χ4v) is 3.04. The molecule has 2 N–H and O–H groups in total. The van der Waals surface area contributed by atoms with Crippen LogP contribution in [0.25, 0.3) is 6.08 Å². The van der Waals surface area contributed by atoms with Gasteiger partial charge in [0.15, 0.2) is 10.9 Å². The largest absolute Gasteiger partial charge is 0.491 e. The molecule has 0 aromatic heterocycles. The number of carbonyl (C=O) groups is 2. The lowest BCUT2D eigenvalue weighted by atomic mass is 9.78. The van der Waals surface area contributed by atoms with E-state index in [9.17, 15) is 9.59 Å². The molecule has 1 aromatic rings. The van der Waals surface area contributed by atoms with Crippen molar-refractivity contribution in [3.8, 4) is 0 Å². The molecule has 7 heteroatoms. The Hall–Kier alpha value is -1.41. The van der Waals surface area contributed by atoms with Crippen LogP contribution in [0.4, 0.5) is 0 Å². The number of thioether (sulfide) groups is 1. The zero-order chi connectivity index (χ0) is 19.5. The van der Waals surface area contributed by atoms with E-state index >= 15 is 0 Å². The van der Waals surface area contributed by atoms with Crippen LogP contribution < -0.4 is 5.73 Å². The number of nitrogens with two attached hydrogens (primary N) is 1. The molecule has 1 aliphatic heterocycles. The molecule has 1 heterocycles. The predicted molar refractivity (Wildman–Crippen MR) is 107 cm³/mol. The molecule has 1 fully saturated rings. The average Bonchev–Trinajstić information content (AvgIpc) is 2.78. The zero-order valence-electron chi connectivity index (χ0n) is 16.0. The Morgan fingerprint density at radius 3 is 2.12 bits per heavy atom. The number of Topliss-reactive ketones (excluding diaryl/α,β-unsaturated/α-hetero) is 1. The van der Waals surface area contributed by atoms with Crippen molar-refractivity contribution >= 4 is 35.9 Å². The van der Waals surface area contributed by atoms with Gasteiger partial charge >= 0.3 is 7.12 Å². The second-order valence-corrected chi connectivity index (χ2v) is 8.49. The second-order valence-electron chi connectivity index (χ2n) is 7.34. The Morgan fingerprint density at radius 2 is 1.65 bits per heavy atom. The SMILES string of the molecule is CC(=O)SCC(=Cc1ccc(C(=O)CN)cc1)B1OC(C)(C)C(C)(C)O1. The third kappa shape index (κ3) is 4.85. The monoisotopic (exact) mass is 375 g/mol. The molecule has 1 aliphatic rings. The van der Waals surface area contributed by atoms with E-state index in [-0.39, 0.29) is 17.4 Å². The maximum Gasteiger partial charge on any atom is 0.491 e. The van der Waals surface area contributed by atoms with Crippen molar-refractivity contribution in [2.45, 2.75) is 45.8 Å². The molecule has 5 nitrogen and oxygen atoms in total. The van der Waals surface area contributed by atoms with E-state index in [1.165, 1.54) is 11.8 Å². The van der Waals surface area contributed by atoms with Crippen LogP contribution in [0.3, 0.4) is 0 Å². The minimum Gasteiger partial charge on any atom is -0.400 e. The lowest BCUT2D eigenvalue weighted by Crippen LogP contribution is -2.41. The number of hydrogen-bond donors (Lipinski definition) is 1. The van der Waals surface area contributed by atoms with Gasteiger partial charge in [-0.15, -0.1) is 0 Å². The van der Waals surface area contributed by atoms with Gasteiger partial charge in [-0.25, -0.2) is 0 Å². The summed E-state index contributed by atoms with van der Waals surface area (Å²) in [6.07, 6.45) is 1.95. The Balaban J connectivity index is 2.28. The second kappa shape index (κ2) is 8.09. The smallest absolute Gasteiger partial charge is 0.400 e. The number of rotatable bonds is 6. The first kappa shape index (κ1) is 20.9. The molecule has 0 radical (unpaired) electrons. The topological polar surface area (TPSA) is 78.6 Å². The molecule has 0 amide bonds. The zero-order valence-corrected chi connectivity index (χ0v) is 16.8. The molecular formula is C19H26BNO4S. The summed E-state index contributed by atoms with van der Waals surface area (Å²) in [5.41, 5.74) is 6.87. The van der Waals surface area contributed by atoms with Gasteiger partial charge in [0.05, 0.1) is 17.7 Å². The normalized spacial score (nSPS) is 18.8. The van der Waals surface area contributed by atoms with Crippen LogP contribution in [0.5, 0.6) is 0 Å². The lowest BCUT2D eigenvalue weighted by Gasteiger charge is -2.32. The molecule has 0 aliphatic carbocycles. The first-order valence-corrected chi connectivity index (χ1v) is 9.57. The van der Waals surface area contributed by atoms with Crippen molar-refractivity contribution < 1.29 is 18.9 Å². The molecule has 2 rings (SSSR count). The Morgan fingerprint density at radius 1 is 1.12 bits per heavy atom. The molecule has 1 saturated heterocycles. The van der Waals surface area contributed by atoms with Gasteiger partial charge < -0.3 is 15.0 Å². The van der Waals surface area contributed by atoms with Crippen LogP contribution in [-0.4, -0.2) is 41.5 Å². The first-order chi connectivity index (χ1) is 12.1. The number of benzene rings is 1. The van der Waals surface area contributed by atoms with Crippen LogP contribution in [0.2, 0.25) is 0 Å². The van der Waals surface area contributed by atoms with Gasteiger partial charge in [-0.1, -0.05) is 42.1 Å².